The quantitative estimate of drug-likeness (QED) is 0.693. The molecule has 150 valence electrons. The molecule has 1 aliphatic rings. The van der Waals surface area contributed by atoms with E-state index in [4.69, 9.17) is 4.74 Å². The highest BCUT2D eigenvalue weighted by Crippen LogP contribution is 2.29. The van der Waals surface area contributed by atoms with Gasteiger partial charge in [0.05, 0.1) is 30.7 Å². The van der Waals surface area contributed by atoms with E-state index in [1.807, 2.05) is 24.0 Å². The van der Waals surface area contributed by atoms with Crippen LogP contribution in [0.15, 0.2) is 49.3 Å². The molecule has 4 rings (SSSR count). The maximum Gasteiger partial charge on any atom is 0.256 e. The maximum absolute atomic E-state index is 12.7. The van der Waals surface area contributed by atoms with Crippen LogP contribution in [-0.4, -0.2) is 43.3 Å². The van der Waals surface area contributed by atoms with Crippen LogP contribution in [0.5, 0.6) is 5.88 Å². The number of ether oxygens (including phenoxy) is 1. The number of hydrogen-bond acceptors (Lipinski definition) is 6. The van der Waals surface area contributed by atoms with Crippen molar-refractivity contribution in [2.45, 2.75) is 44.7 Å². The lowest BCUT2D eigenvalue weighted by Gasteiger charge is -2.29. The van der Waals surface area contributed by atoms with E-state index >= 15 is 0 Å². The first-order valence-corrected chi connectivity index (χ1v) is 9.94. The predicted octanol–water partition coefficient (Wildman–Crippen LogP) is 3.05. The van der Waals surface area contributed by atoms with Crippen molar-refractivity contribution < 1.29 is 9.53 Å². The summed E-state index contributed by atoms with van der Waals surface area (Å²) in [6.07, 6.45) is 14.3. The molecule has 0 saturated heterocycles. The van der Waals surface area contributed by atoms with Gasteiger partial charge in [0.15, 0.2) is 0 Å². The lowest BCUT2D eigenvalue weighted by Crippen LogP contribution is -2.38. The molecule has 1 fully saturated rings. The third kappa shape index (κ3) is 4.42. The highest BCUT2D eigenvalue weighted by Gasteiger charge is 2.25. The second kappa shape index (κ2) is 8.81. The highest BCUT2D eigenvalue weighted by molar-refractivity contribution is 5.96. The van der Waals surface area contributed by atoms with E-state index in [-0.39, 0.29) is 11.9 Å². The summed E-state index contributed by atoms with van der Waals surface area (Å²) in [5.41, 5.74) is 2.27. The SMILES string of the molecule is CCOc1ncccc1C(=O)NC1CCC(n2cc(-c3cnccn3)cn2)CC1. The molecule has 0 spiro atoms. The number of nitrogens with one attached hydrogen (secondary N) is 1. The smallest absolute Gasteiger partial charge is 0.256 e. The molecule has 0 aliphatic heterocycles. The van der Waals surface area contributed by atoms with Crippen LogP contribution in [0.25, 0.3) is 11.3 Å². The Morgan fingerprint density at radius 1 is 1.17 bits per heavy atom. The Balaban J connectivity index is 1.34. The van der Waals surface area contributed by atoms with Crippen LogP contribution in [-0.2, 0) is 0 Å². The molecule has 0 atom stereocenters. The van der Waals surface area contributed by atoms with Crippen molar-refractivity contribution in [1.29, 1.82) is 0 Å². The van der Waals surface area contributed by atoms with Crippen LogP contribution < -0.4 is 10.1 Å². The van der Waals surface area contributed by atoms with Gasteiger partial charge in [-0.05, 0) is 44.7 Å². The summed E-state index contributed by atoms with van der Waals surface area (Å²) in [4.78, 5) is 25.2. The molecule has 1 saturated carbocycles. The standard InChI is InChI=1S/C21H24N6O2/c1-2-29-21-18(4-3-9-24-21)20(28)26-16-5-7-17(8-6-16)27-14-15(12-25-27)19-13-22-10-11-23-19/h3-4,9-14,16-17H,2,5-8H2,1H3,(H,26,28). The number of aromatic nitrogens is 5. The third-order valence-corrected chi connectivity index (χ3v) is 5.16. The molecule has 1 N–H and O–H groups in total. The second-order valence-corrected chi connectivity index (χ2v) is 7.07. The van der Waals surface area contributed by atoms with Gasteiger partial charge >= 0.3 is 0 Å². The lowest BCUT2D eigenvalue weighted by molar-refractivity contribution is 0.0917. The third-order valence-electron chi connectivity index (χ3n) is 5.16. The van der Waals surface area contributed by atoms with Gasteiger partial charge in [0, 0.05) is 36.4 Å². The molecular formula is C21H24N6O2. The zero-order valence-electron chi connectivity index (χ0n) is 16.4. The van der Waals surface area contributed by atoms with E-state index in [9.17, 15) is 4.79 Å². The summed E-state index contributed by atoms with van der Waals surface area (Å²) in [5, 5.41) is 7.65. The Morgan fingerprint density at radius 2 is 2.03 bits per heavy atom. The fourth-order valence-corrected chi connectivity index (χ4v) is 3.68. The Kier molecular flexibility index (Phi) is 5.79. The summed E-state index contributed by atoms with van der Waals surface area (Å²) in [6.45, 7) is 2.35. The number of nitrogens with zero attached hydrogens (tertiary/aromatic N) is 5. The van der Waals surface area contributed by atoms with Crippen LogP contribution in [0.4, 0.5) is 0 Å². The van der Waals surface area contributed by atoms with E-state index < -0.39 is 0 Å². The Hall–Kier alpha value is -3.29. The van der Waals surface area contributed by atoms with Gasteiger partial charge in [0.25, 0.3) is 5.91 Å². The average molecular weight is 392 g/mol. The number of hydrogen-bond donors (Lipinski definition) is 1. The first-order chi connectivity index (χ1) is 14.2. The minimum absolute atomic E-state index is 0.131. The summed E-state index contributed by atoms with van der Waals surface area (Å²) in [6, 6.07) is 3.96. The molecule has 8 heteroatoms. The van der Waals surface area contributed by atoms with Crippen LogP contribution in [0.1, 0.15) is 49.0 Å². The van der Waals surface area contributed by atoms with Crippen molar-refractivity contribution in [2.24, 2.45) is 0 Å². The molecule has 0 unspecified atom stereocenters. The van der Waals surface area contributed by atoms with Crippen LogP contribution in [0, 0.1) is 0 Å². The van der Waals surface area contributed by atoms with Gasteiger partial charge in [-0.2, -0.15) is 5.10 Å². The summed E-state index contributed by atoms with van der Waals surface area (Å²) < 4.78 is 7.48. The normalized spacial score (nSPS) is 18.9. The van der Waals surface area contributed by atoms with Gasteiger partial charge in [-0.3, -0.25) is 19.4 Å². The molecule has 3 aromatic heterocycles. The minimum atomic E-state index is -0.131. The molecular weight excluding hydrogens is 368 g/mol. The predicted molar refractivity (Wildman–Crippen MR) is 107 cm³/mol. The number of amides is 1. The van der Waals surface area contributed by atoms with Gasteiger partial charge in [-0.1, -0.05) is 0 Å². The van der Waals surface area contributed by atoms with E-state index in [1.54, 1.807) is 36.9 Å². The van der Waals surface area contributed by atoms with E-state index in [1.165, 1.54) is 0 Å². The molecule has 3 aromatic rings. The molecule has 0 bridgehead atoms. The minimum Gasteiger partial charge on any atom is -0.477 e. The summed E-state index contributed by atoms with van der Waals surface area (Å²) >= 11 is 0. The van der Waals surface area contributed by atoms with Crippen molar-refractivity contribution in [3.8, 4) is 17.1 Å². The van der Waals surface area contributed by atoms with Gasteiger partial charge in [-0.25, -0.2) is 4.98 Å². The second-order valence-electron chi connectivity index (χ2n) is 7.07. The summed E-state index contributed by atoms with van der Waals surface area (Å²) in [5.74, 6) is 0.253. The van der Waals surface area contributed by atoms with Gasteiger partial charge < -0.3 is 10.1 Å². The molecule has 1 amide bonds. The van der Waals surface area contributed by atoms with Crippen molar-refractivity contribution in [3.63, 3.8) is 0 Å². The Bertz CT molecular complexity index is 951. The molecule has 0 aromatic carbocycles. The van der Waals surface area contributed by atoms with Crippen LogP contribution >= 0.6 is 0 Å². The van der Waals surface area contributed by atoms with Crippen LogP contribution in [0.3, 0.4) is 0 Å². The average Bonchev–Trinajstić information content (AvgIpc) is 3.26. The largest absolute Gasteiger partial charge is 0.477 e. The molecule has 3 heterocycles. The first kappa shape index (κ1) is 19.0. The van der Waals surface area contributed by atoms with Crippen molar-refractivity contribution in [1.82, 2.24) is 30.0 Å². The zero-order chi connectivity index (χ0) is 20.1. The summed E-state index contributed by atoms with van der Waals surface area (Å²) in [7, 11) is 0. The molecule has 0 radical (unpaired) electrons. The zero-order valence-corrected chi connectivity index (χ0v) is 16.4. The Labute approximate surface area is 169 Å². The topological polar surface area (TPSA) is 94.8 Å². The number of rotatable bonds is 6. The van der Waals surface area contributed by atoms with Crippen molar-refractivity contribution >= 4 is 5.91 Å². The van der Waals surface area contributed by atoms with E-state index in [2.05, 4.69) is 25.4 Å². The number of carbonyl (C=O) groups is 1. The highest BCUT2D eigenvalue weighted by atomic mass is 16.5. The van der Waals surface area contributed by atoms with Gasteiger partial charge in [0.2, 0.25) is 5.88 Å². The fourth-order valence-electron chi connectivity index (χ4n) is 3.68. The van der Waals surface area contributed by atoms with Gasteiger partial charge in [-0.15, -0.1) is 0 Å². The molecule has 1 aliphatic carbocycles. The maximum atomic E-state index is 12.7. The first-order valence-electron chi connectivity index (χ1n) is 9.94. The van der Waals surface area contributed by atoms with Crippen molar-refractivity contribution in [2.75, 3.05) is 6.61 Å². The monoisotopic (exact) mass is 392 g/mol. The molecule has 29 heavy (non-hydrogen) atoms. The number of pyridine rings is 1. The lowest BCUT2D eigenvalue weighted by atomic mass is 9.91. The Morgan fingerprint density at radius 3 is 2.79 bits per heavy atom. The number of carbonyl (C=O) groups excluding carboxylic acids is 1. The van der Waals surface area contributed by atoms with E-state index in [0.29, 0.717) is 24.1 Å². The fraction of sp³-hybridized carbons (Fsp3) is 0.381. The van der Waals surface area contributed by atoms with Gasteiger partial charge in [0.1, 0.15) is 5.56 Å². The molecule has 8 nitrogen and oxygen atoms in total. The van der Waals surface area contributed by atoms with E-state index in [0.717, 1.165) is 36.9 Å². The van der Waals surface area contributed by atoms with Crippen LogP contribution in [0.2, 0.25) is 0 Å². The van der Waals surface area contributed by atoms with Crippen molar-refractivity contribution in [3.05, 3.63) is 54.9 Å².